The summed E-state index contributed by atoms with van der Waals surface area (Å²) in [6.07, 6.45) is 21.7. The van der Waals surface area contributed by atoms with Crippen LogP contribution in [0.25, 0.3) is 0 Å². The molecule has 24 heavy (non-hydrogen) atoms. The highest BCUT2D eigenvalue weighted by Gasteiger charge is 2.29. The van der Waals surface area contributed by atoms with Crippen LogP contribution >= 0.6 is 0 Å². The molecule has 0 saturated carbocycles. The van der Waals surface area contributed by atoms with Gasteiger partial charge in [-0.1, -0.05) is 70.4 Å². The van der Waals surface area contributed by atoms with E-state index in [-0.39, 0.29) is 12.0 Å². The molecule has 2 atom stereocenters. The van der Waals surface area contributed by atoms with E-state index in [1.165, 1.54) is 64.2 Å². The predicted octanol–water partition coefficient (Wildman–Crippen LogP) is 6.12. The highest BCUT2D eigenvalue weighted by atomic mass is 16.6. The van der Waals surface area contributed by atoms with Crippen molar-refractivity contribution in [1.29, 1.82) is 0 Å². The minimum absolute atomic E-state index is 0.199. The number of carbonyl (C=O) groups is 1. The Kier molecular flexibility index (Phi) is 12.8. The lowest BCUT2D eigenvalue weighted by Gasteiger charge is -2.10. The Morgan fingerprint density at radius 3 is 2.08 bits per heavy atom. The van der Waals surface area contributed by atoms with Gasteiger partial charge in [0, 0.05) is 0 Å². The zero-order chi connectivity index (χ0) is 17.5. The second-order valence-electron chi connectivity index (χ2n) is 7.25. The molecule has 0 aromatic rings. The van der Waals surface area contributed by atoms with Crippen LogP contribution in [0, 0.1) is 5.92 Å². The summed E-state index contributed by atoms with van der Waals surface area (Å²) in [6.45, 7) is 3.02. The van der Waals surface area contributed by atoms with Crippen molar-refractivity contribution < 1.29 is 14.6 Å². The van der Waals surface area contributed by atoms with Crippen LogP contribution in [0.5, 0.6) is 0 Å². The Labute approximate surface area is 148 Å². The molecule has 3 nitrogen and oxygen atoms in total. The molecule has 1 fully saturated rings. The lowest BCUT2D eigenvalue weighted by molar-refractivity contribution is -0.142. The van der Waals surface area contributed by atoms with Gasteiger partial charge in [0.05, 0.1) is 18.6 Å². The molecule has 3 heteroatoms. The van der Waals surface area contributed by atoms with Crippen molar-refractivity contribution in [3.63, 3.8) is 0 Å². The molecule has 2 unspecified atom stereocenters. The molecule has 1 heterocycles. The van der Waals surface area contributed by atoms with Gasteiger partial charge in [-0.25, -0.2) is 0 Å². The van der Waals surface area contributed by atoms with Crippen LogP contribution in [-0.2, 0) is 9.53 Å². The van der Waals surface area contributed by atoms with Gasteiger partial charge >= 0.3 is 5.97 Å². The molecule has 140 valence electrons. The Morgan fingerprint density at radius 1 is 1.00 bits per heavy atom. The summed E-state index contributed by atoms with van der Waals surface area (Å²) in [5, 5.41) is 9.19. The molecule has 1 N–H and O–H groups in total. The monoisotopic (exact) mass is 338 g/mol. The van der Waals surface area contributed by atoms with Gasteiger partial charge in [-0.15, -0.1) is 0 Å². The first-order valence-electron chi connectivity index (χ1n) is 10.2. The quantitative estimate of drug-likeness (QED) is 0.197. The Morgan fingerprint density at radius 2 is 1.54 bits per heavy atom. The maximum Gasteiger partial charge on any atom is 0.306 e. The second kappa shape index (κ2) is 14.5. The molecule has 0 aromatic heterocycles. The van der Waals surface area contributed by atoms with Gasteiger partial charge < -0.3 is 9.84 Å². The summed E-state index contributed by atoms with van der Waals surface area (Å²) < 4.78 is 5.14. The van der Waals surface area contributed by atoms with E-state index >= 15 is 0 Å². The van der Waals surface area contributed by atoms with Gasteiger partial charge in [0.25, 0.3) is 0 Å². The van der Waals surface area contributed by atoms with Crippen molar-refractivity contribution in [2.45, 2.75) is 103 Å². The topological polar surface area (TPSA) is 49.8 Å². The molecule has 0 aromatic carbocycles. The predicted molar refractivity (Wildman–Crippen MR) is 100 cm³/mol. The largest absolute Gasteiger partial charge is 0.481 e. The van der Waals surface area contributed by atoms with Crippen LogP contribution in [0.4, 0.5) is 0 Å². The third-order valence-electron chi connectivity index (χ3n) is 4.86. The van der Waals surface area contributed by atoms with Crippen LogP contribution < -0.4 is 0 Å². The number of carboxylic acids is 1. The molecule has 1 saturated heterocycles. The number of rotatable bonds is 17. The van der Waals surface area contributed by atoms with Crippen LogP contribution in [0.15, 0.2) is 12.2 Å². The van der Waals surface area contributed by atoms with E-state index in [0.29, 0.717) is 6.42 Å². The van der Waals surface area contributed by atoms with Crippen molar-refractivity contribution in [3.05, 3.63) is 12.2 Å². The average molecular weight is 339 g/mol. The fourth-order valence-electron chi connectivity index (χ4n) is 3.15. The standard InChI is InChI=1S/C21H38O3/c1-2-3-4-5-6-7-8-9-10-11-12-13-14-15-16-19(21(22)23)17-20-18-24-20/h9-10,19-20H,2-8,11-18H2,1H3,(H,22,23). The summed E-state index contributed by atoms with van der Waals surface area (Å²) in [5.74, 6) is -0.849. The Bertz CT molecular complexity index is 334. The van der Waals surface area contributed by atoms with E-state index in [1.54, 1.807) is 0 Å². The highest BCUT2D eigenvalue weighted by Crippen LogP contribution is 2.24. The third kappa shape index (κ3) is 12.6. The minimum Gasteiger partial charge on any atom is -0.481 e. The molecule has 0 aliphatic carbocycles. The average Bonchev–Trinajstić information content (AvgIpc) is 3.38. The van der Waals surface area contributed by atoms with E-state index < -0.39 is 5.97 Å². The van der Waals surface area contributed by atoms with E-state index in [0.717, 1.165) is 25.9 Å². The van der Waals surface area contributed by atoms with Crippen molar-refractivity contribution in [2.24, 2.45) is 5.92 Å². The van der Waals surface area contributed by atoms with Crippen LogP contribution in [0.2, 0.25) is 0 Å². The molecule has 1 rings (SSSR count). The van der Waals surface area contributed by atoms with Crippen molar-refractivity contribution in [3.8, 4) is 0 Å². The van der Waals surface area contributed by atoms with Gasteiger partial charge in [-0.05, 0) is 38.5 Å². The number of hydrogen-bond donors (Lipinski definition) is 1. The second-order valence-corrected chi connectivity index (χ2v) is 7.25. The normalized spacial score (nSPS) is 18.1. The lowest BCUT2D eigenvalue weighted by Crippen LogP contribution is -2.15. The van der Waals surface area contributed by atoms with Gasteiger partial charge in [0.15, 0.2) is 0 Å². The maximum absolute atomic E-state index is 11.2. The van der Waals surface area contributed by atoms with Gasteiger partial charge in [-0.3, -0.25) is 4.79 Å². The number of unbranched alkanes of at least 4 members (excludes halogenated alkanes) is 10. The molecular formula is C21H38O3. The van der Waals surface area contributed by atoms with Crippen LogP contribution in [0.1, 0.15) is 96.8 Å². The van der Waals surface area contributed by atoms with Crippen molar-refractivity contribution in [2.75, 3.05) is 6.61 Å². The fraction of sp³-hybridized carbons (Fsp3) is 0.857. The van der Waals surface area contributed by atoms with E-state index in [4.69, 9.17) is 4.74 Å². The molecule has 1 aliphatic heterocycles. The first-order chi connectivity index (χ1) is 11.7. The number of aliphatic carboxylic acids is 1. The molecule has 1 aliphatic rings. The number of epoxide rings is 1. The maximum atomic E-state index is 11.2. The van der Waals surface area contributed by atoms with E-state index in [2.05, 4.69) is 19.1 Å². The van der Waals surface area contributed by atoms with Crippen molar-refractivity contribution in [1.82, 2.24) is 0 Å². The fourth-order valence-corrected chi connectivity index (χ4v) is 3.15. The summed E-state index contributed by atoms with van der Waals surface area (Å²) in [4.78, 5) is 11.2. The smallest absolute Gasteiger partial charge is 0.306 e. The molecule has 0 amide bonds. The summed E-state index contributed by atoms with van der Waals surface area (Å²) in [5.41, 5.74) is 0. The van der Waals surface area contributed by atoms with Crippen molar-refractivity contribution >= 4 is 5.97 Å². The summed E-state index contributed by atoms with van der Waals surface area (Å²) >= 11 is 0. The summed E-state index contributed by atoms with van der Waals surface area (Å²) in [7, 11) is 0. The Balaban J connectivity index is 1.83. The molecule has 0 bridgehead atoms. The Hall–Kier alpha value is -0.830. The molecule has 0 spiro atoms. The summed E-state index contributed by atoms with van der Waals surface area (Å²) in [6, 6.07) is 0. The SMILES string of the molecule is CCCCCCCCC=CCCCCCCC(CC1CO1)C(=O)O. The highest BCUT2D eigenvalue weighted by molar-refractivity contribution is 5.69. The van der Waals surface area contributed by atoms with E-state index in [1.807, 2.05) is 0 Å². The lowest BCUT2D eigenvalue weighted by atomic mass is 9.96. The molecular weight excluding hydrogens is 300 g/mol. The van der Waals surface area contributed by atoms with Gasteiger partial charge in [0.2, 0.25) is 0 Å². The van der Waals surface area contributed by atoms with Gasteiger partial charge in [0.1, 0.15) is 0 Å². The first kappa shape index (κ1) is 21.2. The van der Waals surface area contributed by atoms with Crippen LogP contribution in [0.3, 0.4) is 0 Å². The number of ether oxygens (including phenoxy) is 1. The number of hydrogen-bond acceptors (Lipinski definition) is 2. The zero-order valence-corrected chi connectivity index (χ0v) is 15.7. The molecule has 0 radical (unpaired) electrons. The zero-order valence-electron chi connectivity index (χ0n) is 15.7. The van der Waals surface area contributed by atoms with Gasteiger partial charge in [-0.2, -0.15) is 0 Å². The number of carboxylic acid groups (broad SMARTS) is 1. The third-order valence-corrected chi connectivity index (χ3v) is 4.86. The first-order valence-corrected chi connectivity index (χ1v) is 10.2. The van der Waals surface area contributed by atoms with Crippen LogP contribution in [-0.4, -0.2) is 23.8 Å². The minimum atomic E-state index is -0.650. The number of allylic oxidation sites excluding steroid dienone is 2. The van der Waals surface area contributed by atoms with E-state index in [9.17, 15) is 9.90 Å².